The SMILES string of the molecule is CN(CCc1ccccn1)C(=O)Cn1ccc(N)n1. The van der Waals surface area contributed by atoms with Crippen molar-refractivity contribution in [2.45, 2.75) is 13.0 Å². The number of nitrogen functional groups attached to an aromatic ring is 1. The van der Waals surface area contributed by atoms with Crippen LogP contribution in [-0.4, -0.2) is 39.2 Å². The maximum absolute atomic E-state index is 11.9. The van der Waals surface area contributed by atoms with Crippen LogP contribution in [0.15, 0.2) is 36.7 Å². The normalized spacial score (nSPS) is 10.4. The van der Waals surface area contributed by atoms with Gasteiger partial charge in [-0.15, -0.1) is 0 Å². The molecule has 2 rings (SSSR count). The Morgan fingerprint density at radius 3 is 2.89 bits per heavy atom. The molecule has 0 aliphatic heterocycles. The number of hydrogen-bond donors (Lipinski definition) is 1. The number of nitrogens with zero attached hydrogens (tertiary/aromatic N) is 4. The van der Waals surface area contributed by atoms with Gasteiger partial charge in [-0.1, -0.05) is 6.07 Å². The number of carbonyl (C=O) groups is 1. The van der Waals surface area contributed by atoms with E-state index in [-0.39, 0.29) is 12.5 Å². The van der Waals surface area contributed by atoms with Gasteiger partial charge >= 0.3 is 0 Å². The van der Waals surface area contributed by atoms with E-state index in [2.05, 4.69) is 10.1 Å². The Morgan fingerprint density at radius 2 is 2.26 bits per heavy atom. The largest absolute Gasteiger partial charge is 0.382 e. The fourth-order valence-corrected chi connectivity index (χ4v) is 1.68. The first-order valence-electron chi connectivity index (χ1n) is 6.08. The lowest BCUT2D eigenvalue weighted by Gasteiger charge is -2.16. The van der Waals surface area contributed by atoms with E-state index in [1.54, 1.807) is 30.4 Å². The molecule has 6 nitrogen and oxygen atoms in total. The van der Waals surface area contributed by atoms with Crippen LogP contribution in [0.4, 0.5) is 5.82 Å². The predicted octanol–water partition coefficient (Wildman–Crippen LogP) is 0.561. The maximum Gasteiger partial charge on any atom is 0.244 e. The molecule has 2 aromatic heterocycles. The Morgan fingerprint density at radius 1 is 1.42 bits per heavy atom. The van der Waals surface area contributed by atoms with E-state index < -0.39 is 0 Å². The smallest absolute Gasteiger partial charge is 0.244 e. The molecule has 0 atom stereocenters. The standard InChI is InChI=1S/C13H17N5O/c1-17(8-5-11-4-2-3-7-15-11)13(19)10-18-9-6-12(14)16-18/h2-4,6-7,9H,5,8,10H2,1H3,(H2,14,16). The van der Waals surface area contributed by atoms with Gasteiger partial charge < -0.3 is 10.6 Å². The number of likely N-dealkylation sites (N-methyl/N-ethyl adjacent to an activating group) is 1. The van der Waals surface area contributed by atoms with E-state index in [4.69, 9.17) is 5.73 Å². The minimum atomic E-state index is -0.000897. The molecule has 0 aromatic carbocycles. The lowest BCUT2D eigenvalue weighted by molar-refractivity contribution is -0.130. The molecule has 1 amide bonds. The highest BCUT2D eigenvalue weighted by atomic mass is 16.2. The summed E-state index contributed by atoms with van der Waals surface area (Å²) in [5.41, 5.74) is 6.48. The minimum Gasteiger partial charge on any atom is -0.382 e. The quantitative estimate of drug-likeness (QED) is 0.851. The molecule has 2 heterocycles. The number of carbonyl (C=O) groups excluding carboxylic acids is 1. The number of hydrogen-bond acceptors (Lipinski definition) is 4. The summed E-state index contributed by atoms with van der Waals surface area (Å²) in [4.78, 5) is 17.8. The lowest BCUT2D eigenvalue weighted by Crippen LogP contribution is -2.32. The van der Waals surface area contributed by atoms with Gasteiger partial charge in [0.2, 0.25) is 5.91 Å². The van der Waals surface area contributed by atoms with Crippen LogP contribution in [0.5, 0.6) is 0 Å². The molecule has 0 spiro atoms. The van der Waals surface area contributed by atoms with Gasteiger partial charge in [0.25, 0.3) is 0 Å². The second-order valence-corrected chi connectivity index (χ2v) is 4.32. The van der Waals surface area contributed by atoms with Crippen LogP contribution in [0.3, 0.4) is 0 Å². The topological polar surface area (TPSA) is 77.0 Å². The van der Waals surface area contributed by atoms with Crippen molar-refractivity contribution in [3.8, 4) is 0 Å². The van der Waals surface area contributed by atoms with E-state index in [1.165, 1.54) is 4.68 Å². The fourth-order valence-electron chi connectivity index (χ4n) is 1.68. The van der Waals surface area contributed by atoms with Crippen LogP contribution < -0.4 is 5.73 Å². The summed E-state index contributed by atoms with van der Waals surface area (Å²) in [5, 5.41) is 3.99. The molecule has 6 heteroatoms. The summed E-state index contributed by atoms with van der Waals surface area (Å²) in [7, 11) is 1.78. The zero-order valence-electron chi connectivity index (χ0n) is 10.9. The van der Waals surface area contributed by atoms with Crippen LogP contribution in [0.2, 0.25) is 0 Å². The van der Waals surface area contributed by atoms with Crippen molar-refractivity contribution in [2.75, 3.05) is 19.3 Å². The lowest BCUT2D eigenvalue weighted by atomic mass is 10.2. The number of pyridine rings is 1. The average Bonchev–Trinajstić information content (AvgIpc) is 2.82. The van der Waals surface area contributed by atoms with Crippen LogP contribution in [0.25, 0.3) is 0 Å². The van der Waals surface area contributed by atoms with Crippen LogP contribution in [0, 0.1) is 0 Å². The van der Waals surface area contributed by atoms with Crippen molar-refractivity contribution in [2.24, 2.45) is 0 Å². The van der Waals surface area contributed by atoms with Gasteiger partial charge in [0.1, 0.15) is 12.4 Å². The molecule has 0 saturated carbocycles. The van der Waals surface area contributed by atoms with Crippen LogP contribution >= 0.6 is 0 Å². The molecule has 0 aliphatic carbocycles. The molecule has 19 heavy (non-hydrogen) atoms. The first-order valence-corrected chi connectivity index (χ1v) is 6.08. The molecular weight excluding hydrogens is 242 g/mol. The summed E-state index contributed by atoms with van der Waals surface area (Å²) in [5.74, 6) is 0.419. The third kappa shape index (κ3) is 3.80. The second-order valence-electron chi connectivity index (χ2n) is 4.32. The summed E-state index contributed by atoms with van der Waals surface area (Å²) >= 11 is 0. The van der Waals surface area contributed by atoms with Gasteiger partial charge in [-0.25, -0.2) is 0 Å². The van der Waals surface area contributed by atoms with Gasteiger partial charge in [-0.2, -0.15) is 5.10 Å². The predicted molar refractivity (Wildman–Crippen MR) is 72.2 cm³/mol. The number of amides is 1. The van der Waals surface area contributed by atoms with Crippen LogP contribution in [-0.2, 0) is 17.8 Å². The molecule has 0 saturated heterocycles. The Hall–Kier alpha value is -2.37. The zero-order chi connectivity index (χ0) is 13.7. The third-order valence-electron chi connectivity index (χ3n) is 2.81. The zero-order valence-corrected chi connectivity index (χ0v) is 10.9. The Balaban J connectivity index is 1.82. The van der Waals surface area contributed by atoms with Gasteiger partial charge in [0.15, 0.2) is 0 Å². The Labute approximate surface area is 111 Å². The van der Waals surface area contributed by atoms with Gasteiger partial charge in [-0.3, -0.25) is 14.5 Å². The van der Waals surface area contributed by atoms with E-state index in [0.717, 1.165) is 12.1 Å². The molecular formula is C13H17N5O. The molecule has 0 bridgehead atoms. The van der Waals surface area contributed by atoms with Crippen molar-refractivity contribution in [3.05, 3.63) is 42.4 Å². The molecule has 0 aliphatic rings. The van der Waals surface area contributed by atoms with Crippen molar-refractivity contribution in [1.29, 1.82) is 0 Å². The summed E-state index contributed by atoms with van der Waals surface area (Å²) in [6.07, 6.45) is 4.19. The Kier molecular flexibility index (Phi) is 4.12. The third-order valence-corrected chi connectivity index (χ3v) is 2.81. The van der Waals surface area contributed by atoms with Gasteiger partial charge in [0, 0.05) is 38.1 Å². The van der Waals surface area contributed by atoms with E-state index in [1.807, 2.05) is 18.2 Å². The summed E-state index contributed by atoms with van der Waals surface area (Å²) < 4.78 is 1.54. The number of nitrogens with two attached hydrogens (primary N) is 1. The monoisotopic (exact) mass is 259 g/mol. The number of rotatable bonds is 5. The molecule has 0 fully saturated rings. The fraction of sp³-hybridized carbons (Fsp3) is 0.308. The van der Waals surface area contributed by atoms with E-state index in [0.29, 0.717) is 12.4 Å². The number of anilines is 1. The molecule has 2 N–H and O–H groups in total. The first-order chi connectivity index (χ1) is 9.15. The highest BCUT2D eigenvalue weighted by Gasteiger charge is 2.10. The second kappa shape index (κ2) is 5.99. The van der Waals surface area contributed by atoms with Gasteiger partial charge in [0.05, 0.1) is 0 Å². The molecule has 0 unspecified atom stereocenters. The van der Waals surface area contributed by atoms with E-state index >= 15 is 0 Å². The number of aromatic nitrogens is 3. The van der Waals surface area contributed by atoms with Crippen molar-refractivity contribution in [3.63, 3.8) is 0 Å². The summed E-state index contributed by atoms with van der Waals surface area (Å²) in [6.45, 7) is 0.836. The van der Waals surface area contributed by atoms with Crippen molar-refractivity contribution < 1.29 is 4.79 Å². The molecule has 100 valence electrons. The molecule has 0 radical (unpaired) electrons. The van der Waals surface area contributed by atoms with Crippen molar-refractivity contribution in [1.82, 2.24) is 19.7 Å². The first kappa shape index (κ1) is 13.1. The van der Waals surface area contributed by atoms with Crippen molar-refractivity contribution >= 4 is 11.7 Å². The van der Waals surface area contributed by atoms with Gasteiger partial charge in [-0.05, 0) is 18.2 Å². The minimum absolute atomic E-state index is 0.000897. The highest BCUT2D eigenvalue weighted by Crippen LogP contribution is 2.00. The Bertz CT molecular complexity index is 537. The summed E-state index contributed by atoms with van der Waals surface area (Å²) in [6, 6.07) is 7.44. The van der Waals surface area contributed by atoms with E-state index in [9.17, 15) is 4.79 Å². The molecule has 2 aromatic rings. The van der Waals surface area contributed by atoms with Crippen LogP contribution in [0.1, 0.15) is 5.69 Å². The maximum atomic E-state index is 11.9. The highest BCUT2D eigenvalue weighted by molar-refractivity contribution is 5.75. The average molecular weight is 259 g/mol.